The van der Waals surface area contributed by atoms with E-state index in [1.807, 2.05) is 0 Å². The Kier molecular flexibility index (Phi) is 4.57. The summed E-state index contributed by atoms with van der Waals surface area (Å²) in [6.07, 6.45) is 10.9. The SMILES string of the molecule is CCOC1CC(NCC2(SC)CCCC2)C1. The minimum absolute atomic E-state index is 0.538. The van der Waals surface area contributed by atoms with E-state index in [4.69, 9.17) is 4.74 Å². The first kappa shape index (κ1) is 12.7. The van der Waals surface area contributed by atoms with E-state index in [1.54, 1.807) is 0 Å². The van der Waals surface area contributed by atoms with Crippen molar-refractivity contribution >= 4 is 11.8 Å². The summed E-state index contributed by atoms with van der Waals surface area (Å²) in [5.41, 5.74) is 0. The summed E-state index contributed by atoms with van der Waals surface area (Å²) in [5.74, 6) is 0. The van der Waals surface area contributed by atoms with Gasteiger partial charge >= 0.3 is 0 Å². The van der Waals surface area contributed by atoms with Crippen LogP contribution in [0.15, 0.2) is 0 Å². The van der Waals surface area contributed by atoms with Crippen molar-refractivity contribution in [2.45, 2.75) is 62.3 Å². The molecule has 2 aliphatic rings. The molecule has 0 saturated heterocycles. The van der Waals surface area contributed by atoms with Gasteiger partial charge in [-0.3, -0.25) is 0 Å². The zero-order valence-electron chi connectivity index (χ0n) is 10.6. The molecular formula is C13H25NOS. The second-order valence-electron chi connectivity index (χ2n) is 5.22. The van der Waals surface area contributed by atoms with E-state index in [1.165, 1.54) is 45.1 Å². The van der Waals surface area contributed by atoms with E-state index in [0.717, 1.165) is 12.6 Å². The summed E-state index contributed by atoms with van der Waals surface area (Å²) in [7, 11) is 0. The third-order valence-corrected chi connectivity index (χ3v) is 5.58. The molecule has 0 aliphatic heterocycles. The molecule has 0 bridgehead atoms. The van der Waals surface area contributed by atoms with Crippen LogP contribution in [-0.2, 0) is 4.74 Å². The number of rotatable bonds is 6. The molecule has 0 spiro atoms. The second-order valence-corrected chi connectivity index (χ2v) is 6.50. The van der Waals surface area contributed by atoms with E-state index in [0.29, 0.717) is 10.9 Å². The summed E-state index contributed by atoms with van der Waals surface area (Å²) in [6.45, 7) is 4.16. The Hall–Kier alpha value is 0.270. The van der Waals surface area contributed by atoms with Crippen molar-refractivity contribution in [1.29, 1.82) is 0 Å². The zero-order valence-corrected chi connectivity index (χ0v) is 11.4. The molecule has 2 nitrogen and oxygen atoms in total. The Morgan fingerprint density at radius 1 is 1.31 bits per heavy atom. The molecule has 3 heteroatoms. The summed E-state index contributed by atoms with van der Waals surface area (Å²) < 4.78 is 6.14. The standard InChI is InChI=1S/C13H25NOS/c1-3-15-12-8-11(9-12)14-10-13(16-2)6-4-5-7-13/h11-12,14H,3-10H2,1-2H3. The largest absolute Gasteiger partial charge is 0.378 e. The van der Waals surface area contributed by atoms with Crippen LogP contribution in [0.3, 0.4) is 0 Å². The fourth-order valence-corrected chi connectivity index (χ4v) is 3.83. The molecule has 0 heterocycles. The van der Waals surface area contributed by atoms with Gasteiger partial charge in [0.1, 0.15) is 0 Å². The summed E-state index contributed by atoms with van der Waals surface area (Å²) >= 11 is 2.07. The molecule has 0 aromatic carbocycles. The van der Waals surface area contributed by atoms with Crippen molar-refractivity contribution in [3.63, 3.8) is 0 Å². The molecule has 2 aliphatic carbocycles. The first-order valence-corrected chi connectivity index (χ1v) is 7.90. The third-order valence-electron chi connectivity index (χ3n) is 4.16. The minimum Gasteiger partial charge on any atom is -0.378 e. The molecule has 2 rings (SSSR count). The highest BCUT2D eigenvalue weighted by molar-refractivity contribution is 8.00. The number of thioether (sulfide) groups is 1. The van der Waals surface area contributed by atoms with Gasteiger partial charge in [0.15, 0.2) is 0 Å². The lowest BCUT2D eigenvalue weighted by molar-refractivity contribution is -0.0102. The molecule has 16 heavy (non-hydrogen) atoms. The van der Waals surface area contributed by atoms with Crippen LogP contribution in [-0.4, -0.2) is 36.3 Å². The van der Waals surface area contributed by atoms with Crippen LogP contribution in [0.4, 0.5) is 0 Å². The highest BCUT2D eigenvalue weighted by Gasteiger charge is 2.35. The highest BCUT2D eigenvalue weighted by Crippen LogP contribution is 2.40. The van der Waals surface area contributed by atoms with Crippen LogP contribution in [0.2, 0.25) is 0 Å². The predicted molar refractivity (Wildman–Crippen MR) is 71.2 cm³/mol. The molecule has 2 saturated carbocycles. The Bertz CT molecular complexity index is 210. The van der Waals surface area contributed by atoms with E-state index in [9.17, 15) is 0 Å². The summed E-state index contributed by atoms with van der Waals surface area (Å²) in [5, 5.41) is 3.74. The number of hydrogen-bond acceptors (Lipinski definition) is 3. The summed E-state index contributed by atoms with van der Waals surface area (Å²) in [6, 6.07) is 0.723. The van der Waals surface area contributed by atoms with Crippen molar-refractivity contribution in [2.75, 3.05) is 19.4 Å². The Morgan fingerprint density at radius 3 is 2.56 bits per heavy atom. The summed E-state index contributed by atoms with van der Waals surface area (Å²) in [4.78, 5) is 0. The first-order chi connectivity index (χ1) is 7.78. The lowest BCUT2D eigenvalue weighted by Crippen LogP contribution is -2.49. The molecule has 0 atom stereocenters. The monoisotopic (exact) mass is 243 g/mol. The van der Waals surface area contributed by atoms with Crippen LogP contribution in [0.5, 0.6) is 0 Å². The van der Waals surface area contributed by atoms with Gasteiger partial charge in [-0.1, -0.05) is 12.8 Å². The predicted octanol–water partition coefficient (Wildman–Crippen LogP) is 2.82. The van der Waals surface area contributed by atoms with Gasteiger partial charge < -0.3 is 10.1 Å². The maximum atomic E-state index is 5.59. The van der Waals surface area contributed by atoms with Crippen LogP contribution >= 0.6 is 11.8 Å². The van der Waals surface area contributed by atoms with E-state index >= 15 is 0 Å². The average molecular weight is 243 g/mol. The Labute approximate surface area is 104 Å². The van der Waals surface area contributed by atoms with E-state index < -0.39 is 0 Å². The van der Waals surface area contributed by atoms with Gasteiger partial charge in [-0.25, -0.2) is 0 Å². The zero-order chi connectivity index (χ0) is 11.4. The molecule has 1 N–H and O–H groups in total. The first-order valence-electron chi connectivity index (χ1n) is 6.68. The normalized spacial score (nSPS) is 32.6. The topological polar surface area (TPSA) is 21.3 Å². The van der Waals surface area contributed by atoms with E-state index in [-0.39, 0.29) is 0 Å². The number of ether oxygens (including phenoxy) is 1. The van der Waals surface area contributed by atoms with Gasteiger partial charge in [0.05, 0.1) is 6.10 Å². The van der Waals surface area contributed by atoms with Gasteiger partial charge in [-0.2, -0.15) is 11.8 Å². The second kappa shape index (κ2) is 5.74. The number of hydrogen-bond donors (Lipinski definition) is 1. The molecule has 0 amide bonds. The molecule has 0 aromatic heterocycles. The molecule has 0 radical (unpaired) electrons. The van der Waals surface area contributed by atoms with Crippen molar-refractivity contribution in [2.24, 2.45) is 0 Å². The molecular weight excluding hydrogens is 218 g/mol. The third kappa shape index (κ3) is 2.93. The van der Waals surface area contributed by atoms with Gasteiger partial charge in [0.25, 0.3) is 0 Å². The van der Waals surface area contributed by atoms with Crippen molar-refractivity contribution in [3.8, 4) is 0 Å². The maximum Gasteiger partial charge on any atom is 0.0604 e. The lowest BCUT2D eigenvalue weighted by atomic mass is 9.88. The quantitative estimate of drug-likeness (QED) is 0.775. The Balaban J connectivity index is 1.64. The average Bonchev–Trinajstić information content (AvgIpc) is 2.71. The van der Waals surface area contributed by atoms with Crippen LogP contribution in [0, 0.1) is 0 Å². The van der Waals surface area contributed by atoms with E-state index in [2.05, 4.69) is 30.3 Å². The number of nitrogens with one attached hydrogen (secondary N) is 1. The molecule has 0 unspecified atom stereocenters. The Morgan fingerprint density at radius 2 is 2.00 bits per heavy atom. The molecule has 2 fully saturated rings. The van der Waals surface area contributed by atoms with Gasteiger partial charge in [-0.05, 0) is 38.9 Å². The minimum atomic E-state index is 0.538. The maximum absolute atomic E-state index is 5.59. The fourth-order valence-electron chi connectivity index (χ4n) is 2.91. The van der Waals surface area contributed by atoms with Gasteiger partial charge in [0.2, 0.25) is 0 Å². The van der Waals surface area contributed by atoms with Crippen molar-refractivity contribution < 1.29 is 4.74 Å². The van der Waals surface area contributed by atoms with Gasteiger partial charge in [0, 0.05) is 23.9 Å². The molecule has 0 aromatic rings. The van der Waals surface area contributed by atoms with Gasteiger partial charge in [-0.15, -0.1) is 0 Å². The van der Waals surface area contributed by atoms with Crippen LogP contribution < -0.4 is 5.32 Å². The van der Waals surface area contributed by atoms with Crippen LogP contribution in [0.1, 0.15) is 45.4 Å². The molecule has 94 valence electrons. The van der Waals surface area contributed by atoms with Crippen molar-refractivity contribution in [1.82, 2.24) is 5.32 Å². The smallest absolute Gasteiger partial charge is 0.0604 e. The highest BCUT2D eigenvalue weighted by atomic mass is 32.2. The fraction of sp³-hybridized carbons (Fsp3) is 1.00. The van der Waals surface area contributed by atoms with Crippen LogP contribution in [0.25, 0.3) is 0 Å². The van der Waals surface area contributed by atoms with Crippen molar-refractivity contribution in [3.05, 3.63) is 0 Å². The lowest BCUT2D eigenvalue weighted by Gasteiger charge is -2.38.